The molecule has 1 aliphatic heterocycles. The van der Waals surface area contributed by atoms with Gasteiger partial charge < -0.3 is 15.0 Å². The predicted molar refractivity (Wildman–Crippen MR) is 112 cm³/mol. The summed E-state index contributed by atoms with van der Waals surface area (Å²) in [7, 11) is 0. The summed E-state index contributed by atoms with van der Waals surface area (Å²) in [6.07, 6.45) is 2.62. The van der Waals surface area contributed by atoms with E-state index >= 15 is 0 Å². The van der Waals surface area contributed by atoms with Crippen molar-refractivity contribution in [3.63, 3.8) is 0 Å². The molecule has 2 amide bonds. The van der Waals surface area contributed by atoms with Crippen molar-refractivity contribution in [2.75, 3.05) is 16.8 Å². The third kappa shape index (κ3) is 4.38. The number of aryl methyl sites for hydroxylation is 1. The number of para-hydroxylation sites is 2. The standard InChI is InChI=1S/C22H18ClN3O3/c23-17-6-2-4-8-19(17)29-21-13-16(11-12-24-21)25-20(27)14-26-18-7-3-1-5-15(18)9-10-22(26)28/h1-8,11-13H,9-10,14H2,(H,24,25,27). The Hall–Kier alpha value is -3.38. The summed E-state index contributed by atoms with van der Waals surface area (Å²) < 4.78 is 5.69. The number of nitrogens with one attached hydrogen (secondary N) is 1. The monoisotopic (exact) mass is 407 g/mol. The third-order valence-corrected chi connectivity index (χ3v) is 4.88. The van der Waals surface area contributed by atoms with Crippen LogP contribution in [0, 0.1) is 0 Å². The molecular weight excluding hydrogens is 390 g/mol. The predicted octanol–water partition coefficient (Wildman–Crippen LogP) is 4.45. The number of hydrogen-bond acceptors (Lipinski definition) is 4. The molecule has 146 valence electrons. The van der Waals surface area contributed by atoms with E-state index in [1.54, 1.807) is 36.4 Å². The molecule has 0 saturated carbocycles. The fourth-order valence-corrected chi connectivity index (χ4v) is 3.37. The molecule has 1 aromatic heterocycles. The van der Waals surface area contributed by atoms with Gasteiger partial charge in [-0.05, 0) is 36.2 Å². The number of nitrogens with zero attached hydrogens (tertiary/aromatic N) is 2. The third-order valence-electron chi connectivity index (χ3n) is 4.56. The zero-order valence-corrected chi connectivity index (χ0v) is 16.2. The van der Waals surface area contributed by atoms with Gasteiger partial charge in [-0.2, -0.15) is 0 Å². The van der Waals surface area contributed by atoms with Gasteiger partial charge in [0.2, 0.25) is 17.7 Å². The van der Waals surface area contributed by atoms with Gasteiger partial charge in [-0.1, -0.05) is 41.9 Å². The second-order valence-corrected chi connectivity index (χ2v) is 6.98. The van der Waals surface area contributed by atoms with Crippen molar-refractivity contribution in [3.8, 4) is 11.6 Å². The summed E-state index contributed by atoms with van der Waals surface area (Å²) in [6, 6.07) is 18.0. The molecule has 2 aromatic carbocycles. The molecule has 2 heterocycles. The Labute approximate surface area is 173 Å². The molecule has 4 rings (SSSR count). The van der Waals surface area contributed by atoms with E-state index in [2.05, 4.69) is 10.3 Å². The second kappa shape index (κ2) is 8.32. The molecule has 1 aliphatic rings. The second-order valence-electron chi connectivity index (χ2n) is 6.57. The summed E-state index contributed by atoms with van der Waals surface area (Å²) in [5, 5.41) is 3.26. The first-order chi connectivity index (χ1) is 14.1. The molecule has 6 nitrogen and oxygen atoms in total. The van der Waals surface area contributed by atoms with Gasteiger partial charge in [0.15, 0.2) is 0 Å². The fourth-order valence-electron chi connectivity index (χ4n) is 3.20. The first-order valence-electron chi connectivity index (χ1n) is 9.17. The molecule has 7 heteroatoms. The quantitative estimate of drug-likeness (QED) is 0.678. The highest BCUT2D eigenvalue weighted by Gasteiger charge is 2.25. The van der Waals surface area contributed by atoms with Crippen molar-refractivity contribution in [2.45, 2.75) is 12.8 Å². The van der Waals surface area contributed by atoms with Crippen LogP contribution in [-0.2, 0) is 16.0 Å². The van der Waals surface area contributed by atoms with Gasteiger partial charge in [-0.25, -0.2) is 4.98 Å². The van der Waals surface area contributed by atoms with Crippen LogP contribution in [-0.4, -0.2) is 23.3 Å². The van der Waals surface area contributed by atoms with E-state index in [0.29, 0.717) is 35.2 Å². The molecule has 0 fully saturated rings. The lowest BCUT2D eigenvalue weighted by Gasteiger charge is -2.28. The highest BCUT2D eigenvalue weighted by atomic mass is 35.5. The molecule has 0 aliphatic carbocycles. The van der Waals surface area contributed by atoms with Crippen molar-refractivity contribution in [2.24, 2.45) is 0 Å². The van der Waals surface area contributed by atoms with Crippen LogP contribution >= 0.6 is 11.6 Å². The van der Waals surface area contributed by atoms with Crippen LogP contribution in [0.4, 0.5) is 11.4 Å². The highest BCUT2D eigenvalue weighted by molar-refractivity contribution is 6.32. The van der Waals surface area contributed by atoms with Gasteiger partial charge >= 0.3 is 0 Å². The topological polar surface area (TPSA) is 71.5 Å². The lowest BCUT2D eigenvalue weighted by atomic mass is 10.0. The van der Waals surface area contributed by atoms with Crippen LogP contribution < -0.4 is 15.0 Å². The number of ether oxygens (including phenoxy) is 1. The average Bonchev–Trinajstić information content (AvgIpc) is 2.72. The lowest BCUT2D eigenvalue weighted by molar-refractivity contribution is -0.121. The minimum atomic E-state index is -0.301. The number of benzene rings is 2. The number of carbonyl (C=O) groups excluding carboxylic acids is 2. The normalized spacial score (nSPS) is 13.0. The summed E-state index contributed by atoms with van der Waals surface area (Å²) in [6.45, 7) is -0.0567. The zero-order chi connectivity index (χ0) is 20.2. The summed E-state index contributed by atoms with van der Waals surface area (Å²) in [4.78, 5) is 30.6. The molecule has 0 unspecified atom stereocenters. The number of amides is 2. The van der Waals surface area contributed by atoms with E-state index in [9.17, 15) is 9.59 Å². The van der Waals surface area contributed by atoms with Crippen molar-refractivity contribution in [1.29, 1.82) is 0 Å². The molecule has 0 bridgehead atoms. The van der Waals surface area contributed by atoms with E-state index in [4.69, 9.17) is 16.3 Å². The minimum Gasteiger partial charge on any atom is -0.437 e. The maximum Gasteiger partial charge on any atom is 0.244 e. The maximum atomic E-state index is 12.6. The number of rotatable bonds is 5. The summed E-state index contributed by atoms with van der Waals surface area (Å²) in [5.41, 5.74) is 2.38. The average molecular weight is 408 g/mol. The molecule has 0 atom stereocenters. The van der Waals surface area contributed by atoms with E-state index in [-0.39, 0.29) is 18.4 Å². The fraction of sp³-hybridized carbons (Fsp3) is 0.136. The Morgan fingerprint density at radius 2 is 1.90 bits per heavy atom. The van der Waals surface area contributed by atoms with Crippen molar-refractivity contribution < 1.29 is 14.3 Å². The molecular formula is C22H18ClN3O3. The Kier molecular flexibility index (Phi) is 5.44. The molecule has 1 N–H and O–H groups in total. The number of halogens is 1. The Morgan fingerprint density at radius 1 is 1.10 bits per heavy atom. The number of hydrogen-bond donors (Lipinski definition) is 1. The SMILES string of the molecule is O=C(CN1C(=O)CCc2ccccc21)Nc1ccnc(Oc2ccccc2Cl)c1. The first kappa shape index (κ1) is 19.0. The van der Waals surface area contributed by atoms with Crippen molar-refractivity contribution in [3.05, 3.63) is 77.4 Å². The Balaban J connectivity index is 1.45. The molecule has 0 saturated heterocycles. The van der Waals surface area contributed by atoms with Gasteiger partial charge in [-0.3, -0.25) is 9.59 Å². The van der Waals surface area contributed by atoms with Crippen LogP contribution in [0.15, 0.2) is 66.9 Å². The van der Waals surface area contributed by atoms with Gasteiger partial charge in [0, 0.05) is 30.1 Å². The molecule has 29 heavy (non-hydrogen) atoms. The number of pyridine rings is 1. The number of aromatic nitrogens is 1. The Morgan fingerprint density at radius 3 is 2.76 bits per heavy atom. The van der Waals surface area contributed by atoms with Gasteiger partial charge in [0.1, 0.15) is 12.3 Å². The number of carbonyl (C=O) groups is 2. The van der Waals surface area contributed by atoms with Crippen molar-refractivity contribution in [1.82, 2.24) is 4.98 Å². The first-order valence-corrected chi connectivity index (χ1v) is 9.54. The van der Waals surface area contributed by atoms with E-state index < -0.39 is 0 Å². The van der Waals surface area contributed by atoms with Crippen LogP contribution in [0.25, 0.3) is 0 Å². The lowest BCUT2D eigenvalue weighted by Crippen LogP contribution is -2.40. The smallest absolute Gasteiger partial charge is 0.244 e. The van der Waals surface area contributed by atoms with Gasteiger partial charge in [0.25, 0.3) is 0 Å². The van der Waals surface area contributed by atoms with E-state index in [1.165, 1.54) is 11.1 Å². The zero-order valence-electron chi connectivity index (χ0n) is 15.5. The van der Waals surface area contributed by atoms with Crippen LogP contribution in [0.5, 0.6) is 11.6 Å². The minimum absolute atomic E-state index is 0.0567. The number of fused-ring (bicyclic) bond motifs is 1. The largest absolute Gasteiger partial charge is 0.437 e. The van der Waals surface area contributed by atoms with Gasteiger partial charge in [-0.15, -0.1) is 0 Å². The van der Waals surface area contributed by atoms with Crippen LogP contribution in [0.2, 0.25) is 5.02 Å². The summed E-state index contributed by atoms with van der Waals surface area (Å²) in [5.74, 6) is 0.414. The van der Waals surface area contributed by atoms with E-state index in [1.807, 2.05) is 24.3 Å². The van der Waals surface area contributed by atoms with Crippen LogP contribution in [0.3, 0.4) is 0 Å². The Bertz CT molecular complexity index is 1070. The number of anilines is 2. The molecule has 0 spiro atoms. The van der Waals surface area contributed by atoms with Gasteiger partial charge in [0.05, 0.1) is 5.02 Å². The molecule has 0 radical (unpaired) electrons. The van der Waals surface area contributed by atoms with Crippen molar-refractivity contribution >= 4 is 34.8 Å². The highest BCUT2D eigenvalue weighted by Crippen LogP contribution is 2.29. The molecule has 3 aromatic rings. The maximum absolute atomic E-state index is 12.6. The summed E-state index contributed by atoms with van der Waals surface area (Å²) >= 11 is 6.10. The van der Waals surface area contributed by atoms with E-state index in [0.717, 1.165) is 11.3 Å². The van der Waals surface area contributed by atoms with Crippen LogP contribution in [0.1, 0.15) is 12.0 Å².